The van der Waals surface area contributed by atoms with Crippen molar-refractivity contribution in [1.82, 2.24) is 14.5 Å². The smallest absolute Gasteiger partial charge is 0.243 e. The van der Waals surface area contributed by atoms with Crippen LogP contribution in [0.4, 0.5) is 0 Å². The van der Waals surface area contributed by atoms with Crippen LogP contribution in [0.25, 0.3) is 0 Å². The lowest BCUT2D eigenvalue weighted by molar-refractivity contribution is -0.122. The van der Waals surface area contributed by atoms with Gasteiger partial charge in [-0.05, 0) is 37.0 Å². The molecule has 0 bridgehead atoms. The van der Waals surface area contributed by atoms with Crippen molar-refractivity contribution in [3.8, 4) is 0 Å². The van der Waals surface area contributed by atoms with E-state index < -0.39 is 10.0 Å². The summed E-state index contributed by atoms with van der Waals surface area (Å²) in [5, 5.41) is 2.97. The number of rotatable bonds is 6. The maximum Gasteiger partial charge on any atom is 0.243 e. The van der Waals surface area contributed by atoms with Crippen LogP contribution in [0.3, 0.4) is 0 Å². The molecule has 24 heavy (non-hydrogen) atoms. The van der Waals surface area contributed by atoms with Crippen molar-refractivity contribution in [3.05, 3.63) is 29.8 Å². The van der Waals surface area contributed by atoms with Gasteiger partial charge in [-0.1, -0.05) is 19.1 Å². The van der Waals surface area contributed by atoms with Crippen molar-refractivity contribution in [2.75, 3.05) is 32.7 Å². The van der Waals surface area contributed by atoms with Gasteiger partial charge >= 0.3 is 0 Å². The number of nitrogens with zero attached hydrogens (tertiary/aromatic N) is 2. The van der Waals surface area contributed by atoms with Crippen LogP contribution in [0.1, 0.15) is 25.3 Å². The molecule has 1 saturated carbocycles. The topological polar surface area (TPSA) is 69.7 Å². The van der Waals surface area contributed by atoms with E-state index in [0.717, 1.165) is 24.8 Å². The van der Waals surface area contributed by atoms with E-state index in [-0.39, 0.29) is 5.91 Å². The minimum atomic E-state index is -3.44. The first-order chi connectivity index (χ1) is 11.5. The molecule has 1 aliphatic heterocycles. The average Bonchev–Trinajstić information content (AvgIpc) is 3.39. The van der Waals surface area contributed by atoms with Crippen molar-refractivity contribution >= 4 is 15.9 Å². The molecule has 0 aromatic heterocycles. The summed E-state index contributed by atoms with van der Waals surface area (Å²) in [5.41, 5.74) is 1.13. The summed E-state index contributed by atoms with van der Waals surface area (Å²) in [6.45, 7) is 4.43. The second-order valence-corrected chi connectivity index (χ2v) is 8.46. The summed E-state index contributed by atoms with van der Waals surface area (Å²) >= 11 is 0. The highest BCUT2D eigenvalue weighted by atomic mass is 32.2. The van der Waals surface area contributed by atoms with E-state index in [9.17, 15) is 13.2 Å². The van der Waals surface area contributed by atoms with Crippen LogP contribution >= 0.6 is 0 Å². The molecule has 0 unspecified atom stereocenters. The van der Waals surface area contributed by atoms with Gasteiger partial charge in [-0.2, -0.15) is 4.31 Å². The Morgan fingerprint density at radius 2 is 1.75 bits per heavy atom. The largest absolute Gasteiger partial charge is 0.352 e. The number of hydrogen-bond donors (Lipinski definition) is 1. The maximum absolute atomic E-state index is 12.7. The molecule has 2 aliphatic rings. The number of benzene rings is 1. The zero-order valence-electron chi connectivity index (χ0n) is 14.1. The second-order valence-electron chi connectivity index (χ2n) is 6.52. The molecular formula is C17H25N3O3S. The molecule has 6 nitrogen and oxygen atoms in total. The minimum Gasteiger partial charge on any atom is -0.352 e. The van der Waals surface area contributed by atoms with Gasteiger partial charge < -0.3 is 5.32 Å². The summed E-state index contributed by atoms with van der Waals surface area (Å²) in [6, 6.07) is 7.47. The molecule has 1 heterocycles. The molecule has 132 valence electrons. The molecule has 0 radical (unpaired) electrons. The third kappa shape index (κ3) is 4.15. The molecule has 1 aromatic carbocycles. The van der Waals surface area contributed by atoms with E-state index in [4.69, 9.17) is 0 Å². The zero-order chi connectivity index (χ0) is 17.2. The van der Waals surface area contributed by atoms with Crippen LogP contribution in [0.15, 0.2) is 29.2 Å². The fourth-order valence-electron chi connectivity index (χ4n) is 2.88. The van der Waals surface area contributed by atoms with Gasteiger partial charge in [0.2, 0.25) is 15.9 Å². The van der Waals surface area contributed by atoms with Crippen molar-refractivity contribution < 1.29 is 13.2 Å². The third-order valence-electron chi connectivity index (χ3n) is 4.61. The highest BCUT2D eigenvalue weighted by molar-refractivity contribution is 7.89. The zero-order valence-corrected chi connectivity index (χ0v) is 14.9. The first kappa shape index (κ1) is 17.4. The summed E-state index contributed by atoms with van der Waals surface area (Å²) in [5.74, 6) is 0.0453. The number of sulfonamides is 1. The molecule has 7 heteroatoms. The van der Waals surface area contributed by atoms with E-state index in [2.05, 4.69) is 5.32 Å². The summed E-state index contributed by atoms with van der Waals surface area (Å²) < 4.78 is 26.9. The van der Waals surface area contributed by atoms with Crippen molar-refractivity contribution in [2.24, 2.45) is 0 Å². The third-order valence-corrected chi connectivity index (χ3v) is 6.52. The first-order valence-corrected chi connectivity index (χ1v) is 10.0. The van der Waals surface area contributed by atoms with E-state index in [0.29, 0.717) is 43.7 Å². The average molecular weight is 351 g/mol. The van der Waals surface area contributed by atoms with Crippen molar-refractivity contribution in [2.45, 2.75) is 37.1 Å². The Morgan fingerprint density at radius 3 is 2.29 bits per heavy atom. The standard InChI is InChI=1S/C17H25N3O3S/c1-2-14-3-7-16(8-4-14)24(22,23)20-11-9-19(10-12-20)13-17(21)18-15-5-6-15/h3-4,7-8,15H,2,5-6,9-13H2,1H3,(H,18,21). The van der Waals surface area contributed by atoms with E-state index in [1.54, 1.807) is 12.1 Å². The predicted molar refractivity (Wildman–Crippen MR) is 92.2 cm³/mol. The quantitative estimate of drug-likeness (QED) is 0.824. The Hall–Kier alpha value is -1.44. The lowest BCUT2D eigenvalue weighted by Gasteiger charge is -2.33. The second kappa shape index (κ2) is 7.21. The van der Waals surface area contributed by atoms with E-state index in [1.807, 2.05) is 24.0 Å². The Labute approximate surface area is 143 Å². The Bertz CT molecular complexity index is 676. The normalized spacial score (nSPS) is 20.0. The van der Waals surface area contributed by atoms with Crippen LogP contribution < -0.4 is 5.32 Å². The lowest BCUT2D eigenvalue weighted by Crippen LogP contribution is -2.51. The van der Waals surface area contributed by atoms with E-state index >= 15 is 0 Å². The number of carbonyl (C=O) groups is 1. The lowest BCUT2D eigenvalue weighted by atomic mass is 10.2. The number of carbonyl (C=O) groups excluding carboxylic acids is 1. The molecule has 2 fully saturated rings. The Balaban J connectivity index is 1.55. The first-order valence-electron chi connectivity index (χ1n) is 8.60. The van der Waals surface area contributed by atoms with Gasteiger partial charge in [0.25, 0.3) is 0 Å². The van der Waals surface area contributed by atoms with Crippen LogP contribution in [0, 0.1) is 0 Å². The molecule has 1 N–H and O–H groups in total. The monoisotopic (exact) mass is 351 g/mol. The fraction of sp³-hybridized carbons (Fsp3) is 0.588. The van der Waals surface area contributed by atoms with Gasteiger partial charge in [0.1, 0.15) is 0 Å². The molecule has 1 aromatic rings. The molecular weight excluding hydrogens is 326 g/mol. The van der Waals surface area contributed by atoms with Crippen molar-refractivity contribution in [1.29, 1.82) is 0 Å². The highest BCUT2D eigenvalue weighted by Gasteiger charge is 2.30. The number of nitrogens with one attached hydrogen (secondary N) is 1. The molecule has 3 rings (SSSR count). The van der Waals surface area contributed by atoms with Gasteiger partial charge in [0, 0.05) is 32.2 Å². The number of hydrogen-bond acceptors (Lipinski definition) is 4. The SMILES string of the molecule is CCc1ccc(S(=O)(=O)N2CCN(CC(=O)NC3CC3)CC2)cc1. The maximum atomic E-state index is 12.7. The van der Waals surface area contributed by atoms with Gasteiger partial charge in [-0.15, -0.1) is 0 Å². The molecule has 0 atom stereocenters. The van der Waals surface area contributed by atoms with Crippen LogP contribution in [0.2, 0.25) is 0 Å². The fourth-order valence-corrected chi connectivity index (χ4v) is 4.30. The number of piperazine rings is 1. The predicted octanol–water partition coefficient (Wildman–Crippen LogP) is 0.834. The Morgan fingerprint density at radius 1 is 1.12 bits per heavy atom. The number of amides is 1. The van der Waals surface area contributed by atoms with Crippen LogP contribution in [-0.4, -0.2) is 62.3 Å². The summed E-state index contributed by atoms with van der Waals surface area (Å²) in [4.78, 5) is 14.2. The Kier molecular flexibility index (Phi) is 5.22. The van der Waals surface area contributed by atoms with Gasteiger partial charge in [0.05, 0.1) is 11.4 Å². The van der Waals surface area contributed by atoms with Crippen LogP contribution in [-0.2, 0) is 21.2 Å². The number of aryl methyl sites for hydroxylation is 1. The van der Waals surface area contributed by atoms with Crippen molar-refractivity contribution in [3.63, 3.8) is 0 Å². The minimum absolute atomic E-state index is 0.0453. The van der Waals surface area contributed by atoms with Gasteiger partial charge in [0.15, 0.2) is 0 Å². The molecule has 1 aliphatic carbocycles. The van der Waals surface area contributed by atoms with Gasteiger partial charge in [-0.3, -0.25) is 9.69 Å². The molecule has 0 spiro atoms. The van der Waals surface area contributed by atoms with Gasteiger partial charge in [-0.25, -0.2) is 8.42 Å². The highest BCUT2D eigenvalue weighted by Crippen LogP contribution is 2.20. The van der Waals surface area contributed by atoms with Crippen LogP contribution in [0.5, 0.6) is 0 Å². The summed E-state index contributed by atoms with van der Waals surface area (Å²) in [7, 11) is -3.44. The molecule has 1 saturated heterocycles. The van der Waals surface area contributed by atoms with E-state index in [1.165, 1.54) is 4.31 Å². The molecule has 1 amide bonds. The summed E-state index contributed by atoms with van der Waals surface area (Å²) in [6.07, 6.45) is 3.05.